The van der Waals surface area contributed by atoms with E-state index in [1.54, 1.807) is 18.6 Å². The maximum absolute atomic E-state index is 13.3. The molecule has 6 nitrogen and oxygen atoms in total. The smallest absolute Gasteiger partial charge is 0.147 e. The van der Waals surface area contributed by atoms with Crippen LogP contribution in [0.1, 0.15) is 5.69 Å². The number of aryl methyl sites for hydroxylation is 1. The fourth-order valence-corrected chi connectivity index (χ4v) is 3.27. The Labute approximate surface area is 145 Å². The van der Waals surface area contributed by atoms with Crippen molar-refractivity contribution < 1.29 is 4.39 Å². The number of halogens is 1. The van der Waals surface area contributed by atoms with Gasteiger partial charge in [-0.25, -0.2) is 14.4 Å². The number of fused-ring (bicyclic) bond motifs is 1. The lowest BCUT2D eigenvalue weighted by molar-refractivity contribution is 0.248. The molecule has 1 fully saturated rings. The molecule has 1 saturated heterocycles. The maximum atomic E-state index is 13.3. The second-order valence-corrected chi connectivity index (χ2v) is 6.42. The predicted octanol–water partition coefficient (Wildman–Crippen LogP) is 2.10. The number of nitrogens with zero attached hydrogens (tertiary/aromatic N) is 6. The van der Waals surface area contributed by atoms with E-state index in [0.29, 0.717) is 5.52 Å². The van der Waals surface area contributed by atoms with Crippen LogP contribution in [0.5, 0.6) is 0 Å². The SMILES string of the molecule is Cc1cncc(N2CCN(CCn3cnc4cc(F)ccc43)CC2)n1. The minimum atomic E-state index is -0.242. The Morgan fingerprint density at radius 3 is 2.72 bits per heavy atom. The number of rotatable bonds is 4. The molecule has 0 spiro atoms. The van der Waals surface area contributed by atoms with Gasteiger partial charge in [0.05, 0.1) is 29.3 Å². The molecule has 0 radical (unpaired) electrons. The standard InChI is InChI=1S/C18H21FN6/c1-14-11-20-12-18(22-14)24-7-4-23(5-8-24)6-9-25-13-21-16-10-15(19)2-3-17(16)25/h2-3,10-13H,4-9H2,1H3. The van der Waals surface area contributed by atoms with Crippen molar-refractivity contribution in [1.82, 2.24) is 24.4 Å². The van der Waals surface area contributed by atoms with Crippen molar-refractivity contribution in [2.75, 3.05) is 37.6 Å². The maximum Gasteiger partial charge on any atom is 0.147 e. The molecule has 0 unspecified atom stereocenters. The first-order valence-corrected chi connectivity index (χ1v) is 8.55. The zero-order valence-corrected chi connectivity index (χ0v) is 14.3. The third-order valence-corrected chi connectivity index (χ3v) is 4.68. The summed E-state index contributed by atoms with van der Waals surface area (Å²) in [5.41, 5.74) is 2.64. The Balaban J connectivity index is 1.34. The van der Waals surface area contributed by atoms with Crippen LogP contribution in [-0.2, 0) is 6.54 Å². The van der Waals surface area contributed by atoms with Crippen molar-refractivity contribution >= 4 is 16.9 Å². The summed E-state index contributed by atoms with van der Waals surface area (Å²) in [6.45, 7) is 7.67. The molecule has 3 aromatic rings. The quantitative estimate of drug-likeness (QED) is 0.728. The molecular weight excluding hydrogens is 319 g/mol. The first-order chi connectivity index (χ1) is 12.2. The number of benzene rings is 1. The molecule has 3 heterocycles. The molecule has 1 aromatic carbocycles. The Morgan fingerprint density at radius 2 is 1.92 bits per heavy atom. The molecule has 0 amide bonds. The minimum absolute atomic E-state index is 0.242. The number of piperazine rings is 1. The third-order valence-electron chi connectivity index (χ3n) is 4.68. The third kappa shape index (κ3) is 3.46. The van der Waals surface area contributed by atoms with Gasteiger partial charge in [0.2, 0.25) is 0 Å². The van der Waals surface area contributed by atoms with Crippen molar-refractivity contribution in [3.05, 3.63) is 48.4 Å². The van der Waals surface area contributed by atoms with Crippen LogP contribution in [-0.4, -0.2) is 57.1 Å². The van der Waals surface area contributed by atoms with Crippen LogP contribution in [0.25, 0.3) is 11.0 Å². The number of aromatic nitrogens is 4. The monoisotopic (exact) mass is 340 g/mol. The van der Waals surface area contributed by atoms with E-state index in [1.165, 1.54) is 12.1 Å². The Morgan fingerprint density at radius 1 is 1.08 bits per heavy atom. The predicted molar refractivity (Wildman–Crippen MR) is 95.1 cm³/mol. The Bertz CT molecular complexity index is 869. The molecule has 0 bridgehead atoms. The van der Waals surface area contributed by atoms with Crippen molar-refractivity contribution in [2.45, 2.75) is 13.5 Å². The van der Waals surface area contributed by atoms with Gasteiger partial charge in [-0.1, -0.05) is 0 Å². The van der Waals surface area contributed by atoms with E-state index in [4.69, 9.17) is 0 Å². The second-order valence-electron chi connectivity index (χ2n) is 6.42. The van der Waals surface area contributed by atoms with Crippen LogP contribution in [0.4, 0.5) is 10.2 Å². The van der Waals surface area contributed by atoms with E-state index in [-0.39, 0.29) is 5.82 Å². The van der Waals surface area contributed by atoms with Crippen LogP contribution < -0.4 is 4.90 Å². The summed E-state index contributed by atoms with van der Waals surface area (Å²) in [6, 6.07) is 4.77. The van der Waals surface area contributed by atoms with Gasteiger partial charge in [-0.2, -0.15) is 0 Å². The van der Waals surface area contributed by atoms with E-state index >= 15 is 0 Å². The van der Waals surface area contributed by atoms with Crippen LogP contribution in [0.2, 0.25) is 0 Å². The van der Waals surface area contributed by atoms with Gasteiger partial charge in [0.25, 0.3) is 0 Å². The lowest BCUT2D eigenvalue weighted by Crippen LogP contribution is -2.47. The van der Waals surface area contributed by atoms with E-state index in [2.05, 4.69) is 29.3 Å². The fraction of sp³-hybridized carbons (Fsp3) is 0.389. The van der Waals surface area contributed by atoms with E-state index in [9.17, 15) is 4.39 Å². The lowest BCUT2D eigenvalue weighted by Gasteiger charge is -2.35. The van der Waals surface area contributed by atoms with E-state index < -0.39 is 0 Å². The first-order valence-electron chi connectivity index (χ1n) is 8.55. The van der Waals surface area contributed by atoms with Gasteiger partial charge < -0.3 is 9.47 Å². The highest BCUT2D eigenvalue weighted by Crippen LogP contribution is 2.15. The van der Waals surface area contributed by atoms with Crippen molar-refractivity contribution in [3.63, 3.8) is 0 Å². The van der Waals surface area contributed by atoms with Crippen molar-refractivity contribution in [1.29, 1.82) is 0 Å². The zero-order chi connectivity index (χ0) is 17.2. The average molecular weight is 340 g/mol. The van der Waals surface area contributed by atoms with Crippen LogP contribution in [0.15, 0.2) is 36.9 Å². The van der Waals surface area contributed by atoms with Gasteiger partial charge in [0, 0.05) is 51.5 Å². The topological polar surface area (TPSA) is 50.1 Å². The summed E-state index contributed by atoms with van der Waals surface area (Å²) in [4.78, 5) is 17.8. The molecule has 4 rings (SSSR count). The van der Waals surface area contributed by atoms with E-state index in [1.807, 2.05) is 13.1 Å². The Hall–Kier alpha value is -2.54. The van der Waals surface area contributed by atoms with Crippen LogP contribution in [0, 0.1) is 12.7 Å². The molecule has 2 aromatic heterocycles. The van der Waals surface area contributed by atoms with Crippen LogP contribution >= 0.6 is 0 Å². The molecule has 7 heteroatoms. The summed E-state index contributed by atoms with van der Waals surface area (Å²) in [5, 5.41) is 0. The molecule has 0 aliphatic carbocycles. The van der Waals surface area contributed by atoms with Gasteiger partial charge in [0.1, 0.15) is 11.6 Å². The van der Waals surface area contributed by atoms with Crippen molar-refractivity contribution in [3.8, 4) is 0 Å². The number of hydrogen-bond acceptors (Lipinski definition) is 5. The summed E-state index contributed by atoms with van der Waals surface area (Å²) in [5.74, 6) is 0.718. The first kappa shape index (κ1) is 16.0. The van der Waals surface area contributed by atoms with Crippen LogP contribution in [0.3, 0.4) is 0 Å². The fourth-order valence-electron chi connectivity index (χ4n) is 3.27. The molecule has 1 aliphatic heterocycles. The average Bonchev–Trinajstić information content (AvgIpc) is 3.02. The molecule has 0 saturated carbocycles. The second kappa shape index (κ2) is 6.76. The van der Waals surface area contributed by atoms with Gasteiger partial charge in [-0.15, -0.1) is 0 Å². The molecule has 0 N–H and O–H groups in total. The highest BCUT2D eigenvalue weighted by atomic mass is 19.1. The minimum Gasteiger partial charge on any atom is -0.353 e. The summed E-state index contributed by atoms with van der Waals surface area (Å²) < 4.78 is 15.3. The summed E-state index contributed by atoms with van der Waals surface area (Å²) in [7, 11) is 0. The van der Waals surface area contributed by atoms with E-state index in [0.717, 1.165) is 56.3 Å². The highest BCUT2D eigenvalue weighted by molar-refractivity contribution is 5.75. The molecule has 1 aliphatic rings. The molecule has 25 heavy (non-hydrogen) atoms. The van der Waals surface area contributed by atoms with Gasteiger partial charge in [-0.05, 0) is 19.1 Å². The van der Waals surface area contributed by atoms with Gasteiger partial charge >= 0.3 is 0 Å². The Kier molecular flexibility index (Phi) is 4.31. The number of anilines is 1. The molecule has 130 valence electrons. The van der Waals surface area contributed by atoms with Gasteiger partial charge in [-0.3, -0.25) is 9.88 Å². The molecule has 0 atom stereocenters. The number of hydrogen-bond donors (Lipinski definition) is 0. The lowest BCUT2D eigenvalue weighted by atomic mass is 10.3. The molecular formula is C18H21FN6. The van der Waals surface area contributed by atoms with Crippen molar-refractivity contribution in [2.24, 2.45) is 0 Å². The number of imidazole rings is 1. The summed E-state index contributed by atoms with van der Waals surface area (Å²) >= 11 is 0. The largest absolute Gasteiger partial charge is 0.353 e. The normalized spacial score (nSPS) is 15.8. The zero-order valence-electron chi connectivity index (χ0n) is 14.3. The highest BCUT2D eigenvalue weighted by Gasteiger charge is 2.18. The summed E-state index contributed by atoms with van der Waals surface area (Å²) in [6.07, 6.45) is 5.41. The van der Waals surface area contributed by atoms with Gasteiger partial charge in [0.15, 0.2) is 0 Å².